The van der Waals surface area contributed by atoms with E-state index in [2.05, 4.69) is 593 Å². The van der Waals surface area contributed by atoms with E-state index in [1.54, 1.807) is 0 Å². The van der Waals surface area contributed by atoms with Crippen molar-refractivity contribution in [2.45, 2.75) is 83.1 Å². The third-order valence-electron chi connectivity index (χ3n) is 27.9. The second kappa shape index (κ2) is 44.1. The molecule has 24 aromatic rings. The van der Waals surface area contributed by atoms with Gasteiger partial charge in [-0.2, -0.15) is 0 Å². The first kappa shape index (κ1) is 95.7. The van der Waals surface area contributed by atoms with Gasteiger partial charge in [-0.3, -0.25) is 0 Å². The van der Waals surface area contributed by atoms with E-state index >= 15 is 0 Å². The van der Waals surface area contributed by atoms with E-state index in [4.69, 9.17) is 0 Å². The Bertz CT molecular complexity index is 8670. The summed E-state index contributed by atoms with van der Waals surface area (Å²) in [6, 6.07) is 184. The average molecular weight is 1850 g/mol. The van der Waals surface area contributed by atoms with Crippen LogP contribution in [0.1, 0.15) is 66.8 Å². The lowest BCUT2D eigenvalue weighted by molar-refractivity contribution is 1.45. The van der Waals surface area contributed by atoms with Crippen LogP contribution >= 0.6 is 0 Å². The smallest absolute Gasteiger partial charge is 0.00966 e. The fraction of sp³-hybridized carbons (Fsp3) is 0.0833. The van der Waals surface area contributed by atoms with Gasteiger partial charge in [0, 0.05) is 0 Å². The molecule has 0 atom stereocenters. The Morgan fingerprint density at radius 1 is 0.0903 bits per heavy atom. The highest BCUT2D eigenvalue weighted by Gasteiger charge is 2.17. The number of fused-ring (bicyclic) bond motifs is 6. The molecule has 0 aromatic heterocycles. The lowest BCUT2D eigenvalue weighted by Gasteiger charge is -2.14. The minimum absolute atomic E-state index is 1.26. The van der Waals surface area contributed by atoms with Crippen molar-refractivity contribution in [3.63, 3.8) is 0 Å². The van der Waals surface area contributed by atoms with Gasteiger partial charge in [0.1, 0.15) is 0 Å². The topological polar surface area (TPSA) is 0 Å². The molecular formula is C144H120. The lowest BCUT2D eigenvalue weighted by Crippen LogP contribution is -1.89. The van der Waals surface area contributed by atoms with Crippen LogP contribution in [-0.2, 0) is 0 Å². The summed E-state index contributed by atoms with van der Waals surface area (Å²) in [5.41, 5.74) is 46.4. The summed E-state index contributed by atoms with van der Waals surface area (Å²) in [5, 5.41) is 15.5. The van der Waals surface area contributed by atoms with Crippen LogP contribution < -0.4 is 0 Å². The van der Waals surface area contributed by atoms with Gasteiger partial charge in [0.25, 0.3) is 0 Å². The highest BCUT2D eigenvalue weighted by molar-refractivity contribution is 6.06. The summed E-state index contributed by atoms with van der Waals surface area (Å²) in [5.74, 6) is 0. The van der Waals surface area contributed by atoms with Gasteiger partial charge in [0.05, 0.1) is 0 Å². The summed E-state index contributed by atoms with van der Waals surface area (Å²) in [6.45, 7) is 25.8. The van der Waals surface area contributed by atoms with Gasteiger partial charge in [0.15, 0.2) is 0 Å². The SMILES string of the molecule is Cc1ccc(-c2cc(-c3ccc(C)cc3)c3ccccc3c2)cc1.Cc1ccc(-c2ccc3c(-c4ccc(C)cc4)cccc3c2)cc1.Cc1cccc(-c2cc(-c3cccc(C)c3)c3ccccc3c2)c1.Cc1cccc(-c2ccc3c(-c4cccc(C)c4)cccc3c2)c1.Cc1ccccc1-c1cc(-c2ccccc2C)c2ccccc2c1.Cc1ccccc1-c1ccc2c(-c3ccccc3C)cccc2c1. The molecule has 144 heavy (non-hydrogen) atoms. The Kier molecular flexibility index (Phi) is 29.3. The van der Waals surface area contributed by atoms with Crippen molar-refractivity contribution in [2.75, 3.05) is 0 Å². The molecule has 0 N–H and O–H groups in total. The van der Waals surface area contributed by atoms with Crippen LogP contribution in [0.5, 0.6) is 0 Å². The van der Waals surface area contributed by atoms with Crippen LogP contribution in [0.2, 0.25) is 0 Å². The minimum atomic E-state index is 1.26. The number of benzene rings is 24. The van der Waals surface area contributed by atoms with Crippen molar-refractivity contribution >= 4 is 64.6 Å². The Hall–Kier alpha value is -17.2. The molecule has 0 heterocycles. The van der Waals surface area contributed by atoms with Gasteiger partial charge in [-0.25, -0.2) is 0 Å². The summed E-state index contributed by atoms with van der Waals surface area (Å²) in [6.07, 6.45) is 0. The summed E-state index contributed by atoms with van der Waals surface area (Å²) >= 11 is 0. The fourth-order valence-electron chi connectivity index (χ4n) is 20.0. The Morgan fingerprint density at radius 3 is 0.729 bits per heavy atom. The molecule has 0 fully saturated rings. The van der Waals surface area contributed by atoms with Crippen LogP contribution in [0, 0.1) is 83.1 Å². The maximum Gasteiger partial charge on any atom is -0.00966 e. The molecule has 24 aromatic carbocycles. The zero-order valence-corrected chi connectivity index (χ0v) is 84.5. The zero-order valence-electron chi connectivity index (χ0n) is 84.5. The number of aryl methyl sites for hydroxylation is 12. The van der Waals surface area contributed by atoms with E-state index in [-0.39, 0.29) is 0 Å². The Balaban J connectivity index is 0.000000109. The molecule has 696 valence electrons. The van der Waals surface area contributed by atoms with Crippen molar-refractivity contribution in [1.29, 1.82) is 0 Å². The summed E-state index contributed by atoms with van der Waals surface area (Å²) < 4.78 is 0. The molecule has 0 saturated heterocycles. The molecule has 0 radical (unpaired) electrons. The predicted molar refractivity (Wildman–Crippen MR) is 626 cm³/mol. The molecule has 0 nitrogen and oxygen atoms in total. The van der Waals surface area contributed by atoms with Crippen LogP contribution in [0.3, 0.4) is 0 Å². The maximum absolute atomic E-state index is 2.34. The lowest BCUT2D eigenvalue weighted by atomic mass is 9.90. The second-order valence-corrected chi connectivity index (χ2v) is 38.7. The zero-order chi connectivity index (χ0) is 99.1. The first-order chi connectivity index (χ1) is 70.3. The van der Waals surface area contributed by atoms with Crippen molar-refractivity contribution in [2.24, 2.45) is 0 Å². The second-order valence-electron chi connectivity index (χ2n) is 38.7. The molecule has 0 aliphatic heterocycles. The minimum Gasteiger partial charge on any atom is -0.0620 e. The molecule has 0 bridgehead atoms. The molecule has 0 aliphatic carbocycles. The highest BCUT2D eigenvalue weighted by atomic mass is 14.2. The van der Waals surface area contributed by atoms with E-state index < -0.39 is 0 Å². The van der Waals surface area contributed by atoms with E-state index in [9.17, 15) is 0 Å². The predicted octanol–water partition coefficient (Wildman–Crippen LogP) is 40.7. The monoisotopic (exact) mass is 1850 g/mol. The van der Waals surface area contributed by atoms with Crippen molar-refractivity contribution in [1.82, 2.24) is 0 Å². The molecule has 24 rings (SSSR count). The molecule has 0 unspecified atom stereocenters. The van der Waals surface area contributed by atoms with Gasteiger partial charge in [-0.1, -0.05) is 499 Å². The van der Waals surface area contributed by atoms with Gasteiger partial charge in [-0.15, -0.1) is 0 Å². The first-order valence-electron chi connectivity index (χ1n) is 50.3. The van der Waals surface area contributed by atoms with Crippen LogP contribution in [-0.4, -0.2) is 0 Å². The third-order valence-corrected chi connectivity index (χ3v) is 27.9. The van der Waals surface area contributed by atoms with Crippen LogP contribution in [0.25, 0.3) is 198 Å². The van der Waals surface area contributed by atoms with E-state index in [1.807, 2.05) is 0 Å². The summed E-state index contributed by atoms with van der Waals surface area (Å²) in [4.78, 5) is 0. The molecule has 0 aliphatic rings. The number of hydrogen-bond donors (Lipinski definition) is 0. The molecular weight excluding hydrogens is 1730 g/mol. The van der Waals surface area contributed by atoms with Gasteiger partial charge < -0.3 is 0 Å². The molecule has 0 spiro atoms. The summed E-state index contributed by atoms with van der Waals surface area (Å²) in [7, 11) is 0. The van der Waals surface area contributed by atoms with Crippen LogP contribution in [0.4, 0.5) is 0 Å². The van der Waals surface area contributed by atoms with Gasteiger partial charge in [-0.05, 0) is 358 Å². The Labute approximate surface area is 851 Å². The Morgan fingerprint density at radius 2 is 0.306 bits per heavy atom. The van der Waals surface area contributed by atoms with Gasteiger partial charge in [0.2, 0.25) is 0 Å². The van der Waals surface area contributed by atoms with E-state index in [1.165, 1.54) is 265 Å². The van der Waals surface area contributed by atoms with Crippen LogP contribution in [0.15, 0.2) is 510 Å². The fourth-order valence-corrected chi connectivity index (χ4v) is 20.0. The molecule has 0 saturated carbocycles. The van der Waals surface area contributed by atoms with Crippen molar-refractivity contribution in [3.8, 4) is 134 Å². The number of hydrogen-bond acceptors (Lipinski definition) is 0. The standard InChI is InChI=1S/6C24H20/c1-17-9-3-6-12-21(17)20-15-19-11-5-8-14-23(19)24(16-20)22-13-7-4-10-18(22)2;1-17-6-3-8-19(14-17)20-12-13-24-22(16-20)10-5-11-23(24)21-9-4-7-18(2)15-21;1-17-8-3-5-11-21(17)20-14-15-23-19(16-20)10-7-13-24(23)22-12-6-4-9-18(22)2;1-17-7-5-10-19(13-17)22-15-21-9-3-4-12-23(21)24(16-22)20-11-6-8-18(2)14-20;1-17-6-10-19(11-7-17)21-14-15-24-22(16-21)4-3-5-23(24)20-12-8-18(2)9-13-20;1-17-7-11-19(12-8-17)22-15-21-5-3-4-6-23(21)24(16-22)20-13-9-18(2)10-14-20/h6*3-16H,1-2H3. The van der Waals surface area contributed by atoms with E-state index in [0.29, 0.717) is 0 Å². The highest BCUT2D eigenvalue weighted by Crippen LogP contribution is 2.43. The third kappa shape index (κ3) is 22.3. The van der Waals surface area contributed by atoms with Crippen molar-refractivity contribution < 1.29 is 0 Å². The maximum atomic E-state index is 2.34. The number of rotatable bonds is 12. The molecule has 0 amide bonds. The first-order valence-corrected chi connectivity index (χ1v) is 50.3. The largest absolute Gasteiger partial charge is 0.0620 e. The normalized spacial score (nSPS) is 10.9. The van der Waals surface area contributed by atoms with E-state index in [0.717, 1.165) is 0 Å². The molecule has 0 heteroatoms. The van der Waals surface area contributed by atoms with Crippen molar-refractivity contribution in [3.05, 3.63) is 576 Å². The quantitative estimate of drug-likeness (QED) is 0.114. The van der Waals surface area contributed by atoms with Gasteiger partial charge >= 0.3 is 0 Å². The average Bonchev–Trinajstić information content (AvgIpc) is 0.785.